The average molecular weight is 334 g/mol. The quantitative estimate of drug-likeness (QED) is 0.604. The van der Waals surface area contributed by atoms with Gasteiger partial charge in [0.1, 0.15) is 0 Å². The lowest BCUT2D eigenvalue weighted by atomic mass is 10.3. The second-order valence-corrected chi connectivity index (χ2v) is 5.44. The number of fused-ring (bicyclic) bond motifs is 1. The largest absolute Gasteiger partial charge is 0.302 e. The molecule has 0 saturated carbocycles. The molecule has 0 aliphatic carbocycles. The predicted molar refractivity (Wildman–Crippen MR) is 89.0 cm³/mol. The Morgan fingerprint density at radius 2 is 1.96 bits per heavy atom. The van der Waals surface area contributed by atoms with Crippen molar-refractivity contribution < 1.29 is 4.79 Å². The summed E-state index contributed by atoms with van der Waals surface area (Å²) in [5.74, 6) is 0.431. The summed E-state index contributed by atoms with van der Waals surface area (Å²) in [5, 5.41) is 11.2. The zero-order chi connectivity index (χ0) is 17.2. The zero-order valence-electron chi connectivity index (χ0n) is 13.4. The van der Waals surface area contributed by atoms with Crippen LogP contribution in [0.15, 0.2) is 49.1 Å². The highest BCUT2D eigenvalue weighted by Gasteiger charge is 2.15. The van der Waals surface area contributed by atoms with Gasteiger partial charge < -0.3 is 5.32 Å². The van der Waals surface area contributed by atoms with Gasteiger partial charge in [-0.1, -0.05) is 0 Å². The molecule has 4 aromatic heterocycles. The van der Waals surface area contributed by atoms with Crippen molar-refractivity contribution in [1.29, 1.82) is 0 Å². The molecule has 1 N–H and O–H groups in total. The zero-order valence-corrected chi connectivity index (χ0v) is 13.4. The van der Waals surface area contributed by atoms with Crippen LogP contribution in [0.5, 0.6) is 0 Å². The first-order valence-electron chi connectivity index (χ1n) is 7.61. The van der Waals surface area contributed by atoms with Gasteiger partial charge in [0.05, 0.1) is 6.54 Å². The topological polar surface area (TPSA) is 103 Å². The Morgan fingerprint density at radius 1 is 1.12 bits per heavy atom. The number of aryl methyl sites for hydroxylation is 1. The number of aromatic nitrogens is 7. The number of hydrogen-bond acceptors (Lipinski definition) is 6. The number of rotatable bonds is 4. The molecule has 0 bridgehead atoms. The van der Waals surface area contributed by atoms with Crippen LogP contribution in [0.2, 0.25) is 0 Å². The molecule has 4 rings (SSSR count). The van der Waals surface area contributed by atoms with Crippen LogP contribution in [0.3, 0.4) is 0 Å². The van der Waals surface area contributed by atoms with Gasteiger partial charge in [-0.25, -0.2) is 9.50 Å². The molecule has 1 amide bonds. The molecule has 0 saturated heterocycles. The minimum atomic E-state index is -0.431. The Kier molecular flexibility index (Phi) is 3.65. The van der Waals surface area contributed by atoms with E-state index in [1.54, 1.807) is 41.6 Å². The fourth-order valence-electron chi connectivity index (χ4n) is 2.37. The molecule has 0 aliphatic rings. The number of nitrogens with one attached hydrogen (secondary N) is 1. The van der Waals surface area contributed by atoms with Gasteiger partial charge >= 0.3 is 0 Å². The van der Waals surface area contributed by atoms with Crippen molar-refractivity contribution >= 4 is 17.5 Å². The summed E-state index contributed by atoms with van der Waals surface area (Å²) >= 11 is 0. The van der Waals surface area contributed by atoms with Crippen molar-refractivity contribution in [3.05, 3.63) is 66.1 Å². The summed E-state index contributed by atoms with van der Waals surface area (Å²) < 4.78 is 3.25. The predicted octanol–water partition coefficient (Wildman–Crippen LogP) is 1.32. The Bertz CT molecular complexity index is 1040. The van der Waals surface area contributed by atoms with E-state index in [-0.39, 0.29) is 5.82 Å². The highest BCUT2D eigenvalue weighted by atomic mass is 16.2. The van der Waals surface area contributed by atoms with E-state index in [0.29, 0.717) is 18.1 Å². The van der Waals surface area contributed by atoms with Gasteiger partial charge in [0.2, 0.25) is 5.82 Å². The van der Waals surface area contributed by atoms with E-state index in [9.17, 15) is 4.79 Å². The molecule has 0 spiro atoms. The lowest BCUT2D eigenvalue weighted by Crippen LogP contribution is -2.15. The molecule has 0 radical (unpaired) electrons. The first kappa shape index (κ1) is 14.9. The molecule has 0 atom stereocenters. The lowest BCUT2D eigenvalue weighted by molar-refractivity contribution is 0.101. The lowest BCUT2D eigenvalue weighted by Gasteiger charge is -2.01. The monoisotopic (exact) mass is 334 g/mol. The molecule has 9 nitrogen and oxygen atoms in total. The highest BCUT2D eigenvalue weighted by molar-refractivity contribution is 6.01. The standard InChI is InChI=1S/C16H14N8O/c1-11-2-8-18-16-20-14(22-24(11)16)15(25)19-13-5-9-23(21-13)10-12-3-6-17-7-4-12/h2-9H,10H2,1H3,(H,19,21,25). The second kappa shape index (κ2) is 6.11. The second-order valence-electron chi connectivity index (χ2n) is 5.44. The molecule has 0 aromatic carbocycles. The number of carbonyl (C=O) groups excluding carboxylic acids is 1. The molecular weight excluding hydrogens is 320 g/mol. The normalized spacial score (nSPS) is 10.9. The summed E-state index contributed by atoms with van der Waals surface area (Å²) in [4.78, 5) is 24.5. The van der Waals surface area contributed by atoms with Gasteiger partial charge in [-0.3, -0.25) is 14.5 Å². The third-order valence-corrected chi connectivity index (χ3v) is 3.61. The molecule has 0 unspecified atom stereocenters. The van der Waals surface area contributed by atoms with Gasteiger partial charge in [-0.2, -0.15) is 10.1 Å². The number of amides is 1. The number of nitrogens with zero attached hydrogens (tertiary/aromatic N) is 7. The van der Waals surface area contributed by atoms with E-state index in [0.717, 1.165) is 11.3 Å². The van der Waals surface area contributed by atoms with Crippen molar-refractivity contribution in [1.82, 2.24) is 34.3 Å². The van der Waals surface area contributed by atoms with Crippen LogP contribution in [0, 0.1) is 6.92 Å². The molecule has 4 heterocycles. The number of anilines is 1. The van der Waals surface area contributed by atoms with Gasteiger partial charge in [0.25, 0.3) is 11.7 Å². The first-order valence-corrected chi connectivity index (χ1v) is 7.61. The smallest absolute Gasteiger partial charge is 0.296 e. The van der Waals surface area contributed by atoms with Crippen molar-refractivity contribution in [3.63, 3.8) is 0 Å². The van der Waals surface area contributed by atoms with Crippen LogP contribution < -0.4 is 5.32 Å². The molecule has 4 aromatic rings. The number of pyridine rings is 1. The average Bonchev–Trinajstić information content (AvgIpc) is 3.23. The highest BCUT2D eigenvalue weighted by Crippen LogP contribution is 2.08. The van der Waals surface area contributed by atoms with Gasteiger partial charge in [0.15, 0.2) is 5.82 Å². The van der Waals surface area contributed by atoms with Crippen molar-refractivity contribution in [2.24, 2.45) is 0 Å². The SMILES string of the molecule is Cc1ccnc2nc(C(=O)Nc3ccn(Cc4ccncc4)n3)nn12. The Morgan fingerprint density at radius 3 is 2.76 bits per heavy atom. The first-order chi connectivity index (χ1) is 12.2. The third kappa shape index (κ3) is 3.07. The number of carbonyl (C=O) groups is 1. The molecule has 0 aliphatic heterocycles. The van der Waals surface area contributed by atoms with E-state index in [2.05, 4.69) is 30.5 Å². The maximum atomic E-state index is 12.3. The van der Waals surface area contributed by atoms with Crippen LogP contribution in [-0.4, -0.2) is 40.3 Å². The van der Waals surface area contributed by atoms with Crippen LogP contribution in [0.1, 0.15) is 21.9 Å². The summed E-state index contributed by atoms with van der Waals surface area (Å²) in [7, 11) is 0. The van der Waals surface area contributed by atoms with E-state index in [1.165, 1.54) is 4.52 Å². The fraction of sp³-hybridized carbons (Fsp3) is 0.125. The molecule has 25 heavy (non-hydrogen) atoms. The summed E-state index contributed by atoms with van der Waals surface area (Å²) in [6, 6.07) is 7.34. The Hall–Kier alpha value is -3.62. The van der Waals surface area contributed by atoms with Gasteiger partial charge in [-0.05, 0) is 30.7 Å². The summed E-state index contributed by atoms with van der Waals surface area (Å²) in [6.45, 7) is 2.46. The molecule has 9 heteroatoms. The molecule has 0 fully saturated rings. The maximum Gasteiger partial charge on any atom is 0.296 e. The fourth-order valence-corrected chi connectivity index (χ4v) is 2.37. The van der Waals surface area contributed by atoms with Gasteiger partial charge in [0, 0.05) is 36.5 Å². The van der Waals surface area contributed by atoms with Crippen LogP contribution in [-0.2, 0) is 6.54 Å². The van der Waals surface area contributed by atoms with Crippen LogP contribution in [0.4, 0.5) is 5.82 Å². The van der Waals surface area contributed by atoms with Crippen LogP contribution >= 0.6 is 0 Å². The van der Waals surface area contributed by atoms with Crippen LogP contribution in [0.25, 0.3) is 5.78 Å². The third-order valence-electron chi connectivity index (χ3n) is 3.61. The maximum absolute atomic E-state index is 12.3. The summed E-state index contributed by atoms with van der Waals surface area (Å²) in [5.41, 5.74) is 1.91. The molecule has 124 valence electrons. The van der Waals surface area contributed by atoms with Crippen molar-refractivity contribution in [2.45, 2.75) is 13.5 Å². The van der Waals surface area contributed by atoms with E-state index in [4.69, 9.17) is 0 Å². The minimum absolute atomic E-state index is 0.0467. The van der Waals surface area contributed by atoms with Crippen molar-refractivity contribution in [3.8, 4) is 0 Å². The van der Waals surface area contributed by atoms with E-state index in [1.807, 2.05) is 19.1 Å². The van der Waals surface area contributed by atoms with E-state index >= 15 is 0 Å². The van der Waals surface area contributed by atoms with Crippen molar-refractivity contribution in [2.75, 3.05) is 5.32 Å². The minimum Gasteiger partial charge on any atom is -0.302 e. The Labute approximate surface area is 142 Å². The molecular formula is C16H14N8O. The Balaban J connectivity index is 1.50. The number of hydrogen-bond donors (Lipinski definition) is 1. The van der Waals surface area contributed by atoms with Gasteiger partial charge in [-0.15, -0.1) is 5.10 Å². The van der Waals surface area contributed by atoms with E-state index < -0.39 is 5.91 Å². The summed E-state index contributed by atoms with van der Waals surface area (Å²) in [6.07, 6.45) is 6.87.